The van der Waals surface area contributed by atoms with Crippen molar-refractivity contribution in [1.82, 2.24) is 9.55 Å². The van der Waals surface area contributed by atoms with Crippen molar-refractivity contribution in [1.29, 1.82) is 0 Å². The van der Waals surface area contributed by atoms with Gasteiger partial charge in [0, 0.05) is 30.8 Å². The van der Waals surface area contributed by atoms with Crippen LogP contribution in [-0.4, -0.2) is 30.1 Å². The van der Waals surface area contributed by atoms with E-state index in [1.54, 1.807) is 30.5 Å². The maximum absolute atomic E-state index is 11.5. The molecule has 1 aromatic carbocycles. The third-order valence-corrected chi connectivity index (χ3v) is 3.60. The van der Waals surface area contributed by atoms with E-state index in [0.717, 1.165) is 11.8 Å². The summed E-state index contributed by atoms with van der Waals surface area (Å²) in [5, 5.41) is 0.0199. The fourth-order valence-electron chi connectivity index (χ4n) is 1.72. The molecule has 100 valence electrons. The summed E-state index contributed by atoms with van der Waals surface area (Å²) >= 11 is 0. The molecule has 2 N–H and O–H groups in total. The van der Waals surface area contributed by atoms with Gasteiger partial charge >= 0.3 is 0 Å². The monoisotopic (exact) mass is 279 g/mol. The molecule has 0 spiro atoms. The zero-order valence-corrected chi connectivity index (χ0v) is 11.1. The summed E-state index contributed by atoms with van der Waals surface area (Å²) < 4.78 is 24.5. The Hall–Kier alpha value is -2.15. The van der Waals surface area contributed by atoms with Gasteiger partial charge in [-0.05, 0) is 17.7 Å². The van der Waals surface area contributed by atoms with Gasteiger partial charge in [0.05, 0.1) is 0 Å². The van der Waals surface area contributed by atoms with Crippen LogP contribution in [0, 0.1) is 0 Å². The van der Waals surface area contributed by atoms with Crippen LogP contribution in [-0.2, 0) is 16.4 Å². The first-order chi connectivity index (χ1) is 8.88. The Bertz CT molecular complexity index is 702. The van der Waals surface area contributed by atoms with Gasteiger partial charge in [0.1, 0.15) is 0 Å². The summed E-state index contributed by atoms with van der Waals surface area (Å²) in [7, 11) is -3.35. The van der Waals surface area contributed by atoms with Gasteiger partial charge in [-0.15, -0.1) is 0 Å². The predicted octanol–water partition coefficient (Wildman–Crippen LogP) is 0.434. The van der Waals surface area contributed by atoms with Crippen molar-refractivity contribution in [2.75, 3.05) is 6.26 Å². The van der Waals surface area contributed by atoms with Crippen LogP contribution in [0.3, 0.4) is 0 Å². The van der Waals surface area contributed by atoms with Gasteiger partial charge in [0.2, 0.25) is 20.9 Å². The molecule has 6 nitrogen and oxygen atoms in total. The fourth-order valence-corrected chi connectivity index (χ4v) is 2.52. The zero-order valence-electron chi connectivity index (χ0n) is 10.3. The number of amides is 1. The largest absolute Gasteiger partial charge is 0.366 e. The van der Waals surface area contributed by atoms with Crippen LogP contribution >= 0.6 is 0 Å². The molecule has 0 atom stereocenters. The molecule has 0 fully saturated rings. The first-order valence-electron chi connectivity index (χ1n) is 5.48. The molecule has 1 aromatic heterocycles. The highest BCUT2D eigenvalue weighted by Gasteiger charge is 2.14. The number of imidazole rings is 1. The lowest BCUT2D eigenvalue weighted by Crippen LogP contribution is -2.12. The average Bonchev–Trinajstić information content (AvgIpc) is 2.77. The van der Waals surface area contributed by atoms with Gasteiger partial charge in [-0.2, -0.15) is 0 Å². The summed E-state index contributed by atoms with van der Waals surface area (Å²) in [5.74, 6) is -0.494. The van der Waals surface area contributed by atoms with Crippen molar-refractivity contribution in [2.45, 2.75) is 11.7 Å². The van der Waals surface area contributed by atoms with E-state index >= 15 is 0 Å². The molecule has 1 heterocycles. The summed E-state index contributed by atoms with van der Waals surface area (Å²) in [6.45, 7) is 0.363. The summed E-state index contributed by atoms with van der Waals surface area (Å²) in [6.07, 6.45) is 4.15. The van der Waals surface area contributed by atoms with Gasteiger partial charge in [-0.25, -0.2) is 13.4 Å². The van der Waals surface area contributed by atoms with Crippen LogP contribution in [0.2, 0.25) is 0 Å². The number of sulfone groups is 1. The molecule has 7 heteroatoms. The molecule has 0 saturated heterocycles. The standard InChI is InChI=1S/C12H13N3O3S/c1-19(17,18)12-14-6-7-15(12)8-9-2-4-10(5-3-9)11(13)16/h2-7H,8H2,1H3,(H2,13,16). The van der Waals surface area contributed by atoms with Crippen LogP contribution < -0.4 is 5.73 Å². The number of nitrogens with zero attached hydrogens (tertiary/aromatic N) is 2. The van der Waals surface area contributed by atoms with Gasteiger partial charge in [0.25, 0.3) is 0 Å². The lowest BCUT2D eigenvalue weighted by atomic mass is 10.1. The van der Waals surface area contributed by atoms with E-state index in [1.807, 2.05) is 0 Å². The quantitative estimate of drug-likeness (QED) is 0.878. The van der Waals surface area contributed by atoms with Gasteiger partial charge < -0.3 is 10.3 Å². The number of aromatic nitrogens is 2. The molecular formula is C12H13N3O3S. The Balaban J connectivity index is 2.27. The molecule has 0 aliphatic rings. The smallest absolute Gasteiger partial charge is 0.248 e. The lowest BCUT2D eigenvalue weighted by Gasteiger charge is -2.06. The number of primary amides is 1. The number of carbonyl (C=O) groups excluding carboxylic acids is 1. The van der Waals surface area contributed by atoms with E-state index in [4.69, 9.17) is 5.73 Å². The second-order valence-corrected chi connectivity index (χ2v) is 6.08. The number of carbonyl (C=O) groups is 1. The molecule has 0 aliphatic carbocycles. The Kier molecular flexibility index (Phi) is 3.39. The van der Waals surface area contributed by atoms with E-state index in [1.165, 1.54) is 10.8 Å². The molecule has 0 unspecified atom stereocenters. The van der Waals surface area contributed by atoms with E-state index in [0.29, 0.717) is 12.1 Å². The molecule has 0 bridgehead atoms. The zero-order chi connectivity index (χ0) is 14.0. The molecule has 0 aliphatic heterocycles. The number of rotatable bonds is 4. The minimum absolute atomic E-state index is 0.0199. The summed E-state index contributed by atoms with van der Waals surface area (Å²) in [5.41, 5.74) is 6.42. The third kappa shape index (κ3) is 3.00. The first-order valence-corrected chi connectivity index (χ1v) is 7.37. The highest BCUT2D eigenvalue weighted by atomic mass is 32.2. The second-order valence-electron chi connectivity index (χ2n) is 4.17. The van der Waals surface area contributed by atoms with E-state index in [9.17, 15) is 13.2 Å². The molecule has 19 heavy (non-hydrogen) atoms. The van der Waals surface area contributed by atoms with Gasteiger partial charge in [-0.1, -0.05) is 12.1 Å². The average molecular weight is 279 g/mol. The van der Waals surface area contributed by atoms with Crippen molar-refractivity contribution in [3.05, 3.63) is 47.8 Å². The van der Waals surface area contributed by atoms with Crippen molar-refractivity contribution >= 4 is 15.7 Å². The van der Waals surface area contributed by atoms with E-state index < -0.39 is 15.7 Å². The molecule has 0 radical (unpaired) electrons. The minimum Gasteiger partial charge on any atom is -0.366 e. The molecular weight excluding hydrogens is 266 g/mol. The Morgan fingerprint density at radius 3 is 2.47 bits per heavy atom. The molecule has 2 rings (SSSR count). The van der Waals surface area contributed by atoms with Crippen molar-refractivity contribution in [3.63, 3.8) is 0 Å². The third-order valence-electron chi connectivity index (χ3n) is 2.60. The topological polar surface area (TPSA) is 95.1 Å². The second kappa shape index (κ2) is 4.85. The van der Waals surface area contributed by atoms with Crippen LogP contribution in [0.25, 0.3) is 0 Å². The highest BCUT2D eigenvalue weighted by molar-refractivity contribution is 7.90. The normalized spacial score (nSPS) is 11.4. The number of nitrogens with two attached hydrogens (primary N) is 1. The Morgan fingerprint density at radius 2 is 1.95 bits per heavy atom. The van der Waals surface area contributed by atoms with Crippen molar-refractivity contribution in [3.8, 4) is 0 Å². The van der Waals surface area contributed by atoms with Crippen LogP contribution in [0.1, 0.15) is 15.9 Å². The Labute approximate surface area is 110 Å². The van der Waals surface area contributed by atoms with Crippen LogP contribution in [0.4, 0.5) is 0 Å². The number of hydrogen-bond acceptors (Lipinski definition) is 4. The summed E-state index contributed by atoms with van der Waals surface area (Å²) in [4.78, 5) is 14.8. The Morgan fingerprint density at radius 1 is 1.32 bits per heavy atom. The molecule has 1 amide bonds. The lowest BCUT2D eigenvalue weighted by molar-refractivity contribution is 0.100. The van der Waals surface area contributed by atoms with Crippen molar-refractivity contribution < 1.29 is 13.2 Å². The van der Waals surface area contributed by atoms with Crippen LogP contribution in [0.5, 0.6) is 0 Å². The minimum atomic E-state index is -3.35. The predicted molar refractivity (Wildman–Crippen MR) is 69.4 cm³/mol. The summed E-state index contributed by atoms with van der Waals surface area (Å²) in [6, 6.07) is 6.67. The van der Waals surface area contributed by atoms with Gasteiger partial charge in [-0.3, -0.25) is 4.79 Å². The van der Waals surface area contributed by atoms with E-state index in [2.05, 4.69) is 4.98 Å². The van der Waals surface area contributed by atoms with Gasteiger partial charge in [0.15, 0.2) is 0 Å². The van der Waals surface area contributed by atoms with Crippen molar-refractivity contribution in [2.24, 2.45) is 5.73 Å². The first kappa shape index (κ1) is 13.3. The highest BCUT2D eigenvalue weighted by Crippen LogP contribution is 2.11. The number of benzene rings is 1. The SMILES string of the molecule is CS(=O)(=O)c1nccn1Cc1ccc(C(N)=O)cc1. The number of hydrogen-bond donors (Lipinski definition) is 1. The maximum atomic E-state index is 11.5. The van der Waals surface area contributed by atoms with Crippen LogP contribution in [0.15, 0.2) is 41.8 Å². The molecule has 0 saturated carbocycles. The fraction of sp³-hybridized carbons (Fsp3) is 0.167. The molecule has 2 aromatic rings. The maximum Gasteiger partial charge on any atom is 0.248 e. The van der Waals surface area contributed by atoms with E-state index in [-0.39, 0.29) is 5.16 Å².